The number of hydrogen-bond donors (Lipinski definition) is 1. The van der Waals surface area contributed by atoms with Crippen molar-refractivity contribution < 1.29 is 0 Å². The van der Waals surface area contributed by atoms with Crippen molar-refractivity contribution in [1.29, 1.82) is 0 Å². The zero-order valence-electron chi connectivity index (χ0n) is 11.9. The molecule has 0 aromatic heterocycles. The van der Waals surface area contributed by atoms with Crippen LogP contribution in [0, 0.1) is 6.92 Å². The Balaban J connectivity index is 1.90. The first kappa shape index (κ1) is 15.4. The first-order chi connectivity index (χ1) is 9.67. The number of rotatable bonds is 6. The van der Waals surface area contributed by atoms with E-state index in [1.165, 1.54) is 16.0 Å². The summed E-state index contributed by atoms with van der Waals surface area (Å²) >= 11 is 7.85. The molecule has 0 saturated carbocycles. The van der Waals surface area contributed by atoms with Crippen LogP contribution in [0.25, 0.3) is 0 Å². The summed E-state index contributed by atoms with van der Waals surface area (Å²) in [4.78, 5) is 1.22. The van der Waals surface area contributed by atoms with Gasteiger partial charge in [-0.25, -0.2) is 0 Å². The molecule has 1 unspecified atom stereocenters. The maximum absolute atomic E-state index is 6.01. The van der Waals surface area contributed by atoms with Crippen LogP contribution in [0.5, 0.6) is 0 Å². The van der Waals surface area contributed by atoms with Gasteiger partial charge in [-0.1, -0.05) is 47.5 Å². The summed E-state index contributed by atoms with van der Waals surface area (Å²) in [5.41, 5.74) is 2.68. The van der Waals surface area contributed by atoms with Gasteiger partial charge < -0.3 is 5.32 Å². The van der Waals surface area contributed by atoms with E-state index < -0.39 is 0 Å². The van der Waals surface area contributed by atoms with Crippen molar-refractivity contribution in [1.82, 2.24) is 5.32 Å². The molecule has 2 aromatic carbocycles. The van der Waals surface area contributed by atoms with Gasteiger partial charge in [0.15, 0.2) is 0 Å². The Morgan fingerprint density at radius 3 is 2.55 bits per heavy atom. The van der Waals surface area contributed by atoms with E-state index in [1.807, 2.05) is 37.0 Å². The molecule has 0 bridgehead atoms. The second kappa shape index (κ2) is 7.72. The molecule has 106 valence electrons. The molecule has 1 N–H and O–H groups in total. The Kier molecular flexibility index (Phi) is 5.96. The molecule has 0 aliphatic carbocycles. The largest absolute Gasteiger partial charge is 0.316 e. The molecule has 0 aliphatic rings. The van der Waals surface area contributed by atoms with Crippen LogP contribution in [0.2, 0.25) is 5.02 Å². The number of halogens is 1. The summed E-state index contributed by atoms with van der Waals surface area (Å²) in [6, 6.07) is 17.3. The molecule has 0 radical (unpaired) electrons. The number of likely N-dealkylation sites (N-methyl/N-ethyl adjacent to an activating group) is 1. The summed E-state index contributed by atoms with van der Waals surface area (Å²) in [5.74, 6) is 1.03. The molecule has 0 fully saturated rings. The molecule has 1 atom stereocenters. The van der Waals surface area contributed by atoms with Crippen LogP contribution in [0.15, 0.2) is 53.4 Å². The van der Waals surface area contributed by atoms with Crippen LogP contribution in [0.3, 0.4) is 0 Å². The van der Waals surface area contributed by atoms with E-state index in [9.17, 15) is 0 Å². The monoisotopic (exact) mass is 305 g/mol. The van der Waals surface area contributed by atoms with Crippen LogP contribution < -0.4 is 5.32 Å². The number of thioether (sulfide) groups is 1. The fourth-order valence-electron chi connectivity index (χ4n) is 2.01. The molecule has 0 saturated heterocycles. The van der Waals surface area contributed by atoms with Crippen LogP contribution in [0.1, 0.15) is 11.1 Å². The summed E-state index contributed by atoms with van der Waals surface area (Å²) in [7, 11) is 2.03. The molecular formula is C17H20ClNS. The Hall–Kier alpha value is -0.960. The molecule has 0 amide bonds. The molecular weight excluding hydrogens is 286 g/mol. The minimum atomic E-state index is 0.460. The normalized spacial score (nSPS) is 12.3. The predicted octanol–water partition coefficient (Wildman–Crippen LogP) is 4.57. The predicted molar refractivity (Wildman–Crippen MR) is 89.9 cm³/mol. The average molecular weight is 306 g/mol. The lowest BCUT2D eigenvalue weighted by atomic mass is 10.1. The third-order valence-corrected chi connectivity index (χ3v) is 4.65. The second-order valence-corrected chi connectivity index (χ2v) is 6.47. The Bertz CT molecular complexity index is 539. The topological polar surface area (TPSA) is 12.0 Å². The van der Waals surface area contributed by atoms with Gasteiger partial charge in [-0.3, -0.25) is 0 Å². The summed E-state index contributed by atoms with van der Waals surface area (Å²) in [6.07, 6.45) is 1.05. The van der Waals surface area contributed by atoms with E-state index >= 15 is 0 Å². The highest BCUT2D eigenvalue weighted by Crippen LogP contribution is 2.23. The van der Waals surface area contributed by atoms with Gasteiger partial charge >= 0.3 is 0 Å². The van der Waals surface area contributed by atoms with Crippen LogP contribution in [-0.4, -0.2) is 18.8 Å². The zero-order chi connectivity index (χ0) is 14.4. The maximum atomic E-state index is 6.01. The van der Waals surface area contributed by atoms with E-state index in [-0.39, 0.29) is 0 Å². The van der Waals surface area contributed by atoms with Gasteiger partial charge in [0.25, 0.3) is 0 Å². The zero-order valence-corrected chi connectivity index (χ0v) is 13.5. The lowest BCUT2D eigenvalue weighted by molar-refractivity contribution is 0.617. The summed E-state index contributed by atoms with van der Waals surface area (Å²) in [6.45, 7) is 2.12. The maximum Gasteiger partial charge on any atom is 0.0417 e. The smallest absolute Gasteiger partial charge is 0.0417 e. The van der Waals surface area contributed by atoms with Crippen molar-refractivity contribution in [2.24, 2.45) is 0 Å². The van der Waals surface area contributed by atoms with E-state index in [2.05, 4.69) is 42.6 Å². The highest BCUT2D eigenvalue weighted by Gasteiger charge is 2.08. The summed E-state index contributed by atoms with van der Waals surface area (Å²) in [5, 5.41) is 4.20. The molecule has 3 heteroatoms. The highest BCUT2D eigenvalue weighted by atomic mass is 35.5. The minimum absolute atomic E-state index is 0.460. The van der Waals surface area contributed by atoms with Crippen molar-refractivity contribution >= 4 is 23.4 Å². The van der Waals surface area contributed by atoms with Crippen LogP contribution in [0.4, 0.5) is 0 Å². The van der Waals surface area contributed by atoms with Gasteiger partial charge in [0.2, 0.25) is 0 Å². The van der Waals surface area contributed by atoms with Crippen molar-refractivity contribution in [2.45, 2.75) is 24.3 Å². The molecule has 0 spiro atoms. The first-order valence-electron chi connectivity index (χ1n) is 6.78. The Morgan fingerprint density at radius 2 is 1.90 bits per heavy atom. The fourth-order valence-corrected chi connectivity index (χ4v) is 3.32. The third kappa shape index (κ3) is 4.86. The first-order valence-corrected chi connectivity index (χ1v) is 8.15. The van der Waals surface area contributed by atoms with Gasteiger partial charge in [-0.05, 0) is 44.2 Å². The van der Waals surface area contributed by atoms with E-state index in [1.54, 1.807) is 0 Å². The number of nitrogens with one attached hydrogen (secondary N) is 1. The van der Waals surface area contributed by atoms with Gasteiger partial charge in [-0.2, -0.15) is 0 Å². The minimum Gasteiger partial charge on any atom is -0.316 e. The van der Waals surface area contributed by atoms with Crippen LogP contribution >= 0.6 is 23.4 Å². The van der Waals surface area contributed by atoms with Crippen molar-refractivity contribution in [3.05, 3.63) is 64.7 Å². The lowest BCUT2D eigenvalue weighted by Gasteiger charge is -2.16. The van der Waals surface area contributed by atoms with Crippen molar-refractivity contribution in [3.63, 3.8) is 0 Å². The standard InChI is InChI=1S/C17H20ClNS/c1-13-6-8-14(9-7-13)10-16(19-2)12-20-17-5-3-4-15(18)11-17/h3-9,11,16,19H,10,12H2,1-2H3. The molecule has 20 heavy (non-hydrogen) atoms. The van der Waals surface area contributed by atoms with Crippen LogP contribution in [-0.2, 0) is 6.42 Å². The van der Waals surface area contributed by atoms with E-state index in [0.717, 1.165) is 17.2 Å². The van der Waals surface area contributed by atoms with Crippen molar-refractivity contribution in [3.8, 4) is 0 Å². The van der Waals surface area contributed by atoms with Gasteiger partial charge in [0.05, 0.1) is 0 Å². The van der Waals surface area contributed by atoms with Gasteiger partial charge in [0.1, 0.15) is 0 Å². The SMILES string of the molecule is CNC(CSc1cccc(Cl)c1)Cc1ccc(C)cc1. The Labute approximate surface area is 130 Å². The lowest BCUT2D eigenvalue weighted by Crippen LogP contribution is -2.30. The summed E-state index contributed by atoms with van der Waals surface area (Å²) < 4.78 is 0. The van der Waals surface area contributed by atoms with E-state index in [0.29, 0.717) is 6.04 Å². The fraction of sp³-hybridized carbons (Fsp3) is 0.294. The average Bonchev–Trinajstić information content (AvgIpc) is 2.45. The molecule has 1 nitrogen and oxygen atoms in total. The van der Waals surface area contributed by atoms with Gasteiger partial charge in [-0.15, -0.1) is 11.8 Å². The number of benzene rings is 2. The van der Waals surface area contributed by atoms with Gasteiger partial charge in [0, 0.05) is 21.7 Å². The third-order valence-electron chi connectivity index (χ3n) is 3.26. The van der Waals surface area contributed by atoms with Crippen molar-refractivity contribution in [2.75, 3.05) is 12.8 Å². The molecule has 2 aromatic rings. The quantitative estimate of drug-likeness (QED) is 0.785. The molecule has 2 rings (SSSR count). The number of hydrogen-bond acceptors (Lipinski definition) is 2. The Morgan fingerprint density at radius 1 is 1.15 bits per heavy atom. The number of aryl methyl sites for hydroxylation is 1. The highest BCUT2D eigenvalue weighted by molar-refractivity contribution is 7.99. The second-order valence-electron chi connectivity index (χ2n) is 4.94. The van der Waals surface area contributed by atoms with E-state index in [4.69, 9.17) is 11.6 Å². The molecule has 0 aliphatic heterocycles. The molecule has 0 heterocycles.